The normalized spacial score (nSPS) is 11.5. The van der Waals surface area contributed by atoms with Crippen molar-refractivity contribution in [3.05, 3.63) is 35.5 Å². The summed E-state index contributed by atoms with van der Waals surface area (Å²) in [6, 6.07) is 7.53. The van der Waals surface area contributed by atoms with Crippen LogP contribution in [0, 0.1) is 12.3 Å². The summed E-state index contributed by atoms with van der Waals surface area (Å²) in [5.41, 5.74) is 2.26. The van der Waals surface area contributed by atoms with Crippen LogP contribution in [0.2, 0.25) is 0 Å². The smallest absolute Gasteiger partial charge is 0.253 e. The van der Waals surface area contributed by atoms with Gasteiger partial charge in [-0.1, -0.05) is 20.8 Å². The van der Waals surface area contributed by atoms with Crippen molar-refractivity contribution in [1.82, 2.24) is 10.3 Å². The van der Waals surface area contributed by atoms with E-state index in [0.717, 1.165) is 22.3 Å². The maximum absolute atomic E-state index is 12.3. The molecule has 0 radical (unpaired) electrons. The first kappa shape index (κ1) is 15.3. The Labute approximate surface area is 125 Å². The lowest BCUT2D eigenvalue weighted by Gasteiger charge is -2.19. The summed E-state index contributed by atoms with van der Waals surface area (Å²) >= 11 is 0. The van der Waals surface area contributed by atoms with Crippen molar-refractivity contribution in [3.63, 3.8) is 0 Å². The standard InChI is InChI=1S/C17H22N2O2/c1-11-14(16(20)18-10-17(2,3)4)9-12-8-13(21-5)6-7-15(12)19-11/h6-9H,10H2,1-5H3,(H,18,20). The molecule has 4 heteroatoms. The fourth-order valence-electron chi connectivity index (χ4n) is 2.05. The third-order valence-electron chi connectivity index (χ3n) is 3.24. The van der Waals surface area contributed by atoms with Gasteiger partial charge in [0, 0.05) is 11.9 Å². The van der Waals surface area contributed by atoms with Crippen LogP contribution < -0.4 is 10.1 Å². The number of benzene rings is 1. The number of amides is 1. The van der Waals surface area contributed by atoms with Gasteiger partial charge in [0.1, 0.15) is 5.75 Å². The number of aryl methyl sites for hydroxylation is 1. The van der Waals surface area contributed by atoms with E-state index in [4.69, 9.17) is 4.74 Å². The summed E-state index contributed by atoms with van der Waals surface area (Å²) in [4.78, 5) is 16.8. The molecule has 112 valence electrons. The van der Waals surface area contributed by atoms with Crippen molar-refractivity contribution in [2.75, 3.05) is 13.7 Å². The second-order valence-corrected chi connectivity index (χ2v) is 6.42. The Kier molecular flexibility index (Phi) is 4.16. The van der Waals surface area contributed by atoms with Crippen LogP contribution in [0.25, 0.3) is 10.9 Å². The van der Waals surface area contributed by atoms with Gasteiger partial charge in [-0.05, 0) is 36.6 Å². The highest BCUT2D eigenvalue weighted by Crippen LogP contribution is 2.22. The molecule has 2 rings (SSSR count). The van der Waals surface area contributed by atoms with E-state index in [1.165, 1.54) is 0 Å². The Morgan fingerprint density at radius 2 is 2.00 bits per heavy atom. The van der Waals surface area contributed by atoms with Crippen LogP contribution in [0.4, 0.5) is 0 Å². The fraction of sp³-hybridized carbons (Fsp3) is 0.412. The number of aromatic nitrogens is 1. The molecule has 0 saturated heterocycles. The van der Waals surface area contributed by atoms with E-state index in [1.54, 1.807) is 7.11 Å². The van der Waals surface area contributed by atoms with Gasteiger partial charge in [0.25, 0.3) is 5.91 Å². The Bertz CT molecular complexity index is 672. The molecule has 0 aliphatic rings. The monoisotopic (exact) mass is 286 g/mol. The number of rotatable bonds is 3. The van der Waals surface area contributed by atoms with Crippen LogP contribution in [0.1, 0.15) is 36.8 Å². The van der Waals surface area contributed by atoms with Gasteiger partial charge in [-0.15, -0.1) is 0 Å². The van der Waals surface area contributed by atoms with Crippen LogP contribution in [-0.4, -0.2) is 24.5 Å². The van der Waals surface area contributed by atoms with Gasteiger partial charge in [0.05, 0.1) is 23.9 Å². The van der Waals surface area contributed by atoms with Gasteiger partial charge in [-0.2, -0.15) is 0 Å². The molecule has 2 aromatic rings. The highest BCUT2D eigenvalue weighted by atomic mass is 16.5. The zero-order valence-corrected chi connectivity index (χ0v) is 13.3. The lowest BCUT2D eigenvalue weighted by Crippen LogP contribution is -2.32. The average molecular weight is 286 g/mol. The Balaban J connectivity index is 2.34. The number of fused-ring (bicyclic) bond motifs is 1. The van der Waals surface area contributed by atoms with Gasteiger partial charge in [-0.3, -0.25) is 9.78 Å². The second kappa shape index (κ2) is 5.72. The third kappa shape index (κ3) is 3.72. The van der Waals surface area contributed by atoms with E-state index in [2.05, 4.69) is 31.1 Å². The van der Waals surface area contributed by atoms with Crippen LogP contribution in [0.15, 0.2) is 24.3 Å². The lowest BCUT2D eigenvalue weighted by atomic mass is 9.97. The molecule has 1 N–H and O–H groups in total. The maximum atomic E-state index is 12.3. The number of methoxy groups -OCH3 is 1. The van der Waals surface area contributed by atoms with Gasteiger partial charge in [0.15, 0.2) is 0 Å². The van der Waals surface area contributed by atoms with E-state index >= 15 is 0 Å². The predicted molar refractivity (Wildman–Crippen MR) is 84.8 cm³/mol. The van der Waals surface area contributed by atoms with Crippen LogP contribution in [0.3, 0.4) is 0 Å². The van der Waals surface area contributed by atoms with E-state index in [0.29, 0.717) is 12.1 Å². The van der Waals surface area contributed by atoms with E-state index in [1.807, 2.05) is 31.2 Å². The van der Waals surface area contributed by atoms with Gasteiger partial charge in [0.2, 0.25) is 0 Å². The molecule has 1 amide bonds. The molecule has 0 spiro atoms. The van der Waals surface area contributed by atoms with Crippen molar-refractivity contribution < 1.29 is 9.53 Å². The first-order chi connectivity index (χ1) is 9.80. The van der Waals surface area contributed by atoms with E-state index in [9.17, 15) is 4.79 Å². The molecular weight excluding hydrogens is 264 g/mol. The summed E-state index contributed by atoms with van der Waals surface area (Å²) in [6.07, 6.45) is 0. The average Bonchev–Trinajstić information content (AvgIpc) is 2.42. The highest BCUT2D eigenvalue weighted by Gasteiger charge is 2.15. The minimum atomic E-state index is -0.0837. The van der Waals surface area contributed by atoms with Crippen molar-refractivity contribution >= 4 is 16.8 Å². The number of carbonyl (C=O) groups excluding carboxylic acids is 1. The number of hydrogen-bond donors (Lipinski definition) is 1. The summed E-state index contributed by atoms with van der Waals surface area (Å²) in [7, 11) is 1.62. The predicted octanol–water partition coefficient (Wildman–Crippen LogP) is 3.33. The number of ether oxygens (including phenoxy) is 1. The molecule has 0 bridgehead atoms. The van der Waals surface area contributed by atoms with Crippen molar-refractivity contribution in [1.29, 1.82) is 0 Å². The largest absolute Gasteiger partial charge is 0.497 e. The molecule has 1 heterocycles. The summed E-state index contributed by atoms with van der Waals surface area (Å²) < 4.78 is 5.22. The maximum Gasteiger partial charge on any atom is 0.253 e. The number of carbonyl (C=O) groups is 1. The molecule has 0 fully saturated rings. The second-order valence-electron chi connectivity index (χ2n) is 6.42. The first-order valence-corrected chi connectivity index (χ1v) is 7.04. The molecule has 0 atom stereocenters. The number of nitrogens with one attached hydrogen (secondary N) is 1. The Morgan fingerprint density at radius 3 is 2.62 bits per heavy atom. The summed E-state index contributed by atoms with van der Waals surface area (Å²) in [6.45, 7) is 8.74. The lowest BCUT2D eigenvalue weighted by molar-refractivity contribution is 0.0938. The molecular formula is C17H22N2O2. The van der Waals surface area contributed by atoms with E-state index < -0.39 is 0 Å². The van der Waals surface area contributed by atoms with Gasteiger partial charge >= 0.3 is 0 Å². The SMILES string of the molecule is COc1ccc2nc(C)c(C(=O)NCC(C)(C)C)cc2c1. The van der Waals surface area contributed by atoms with E-state index in [-0.39, 0.29) is 11.3 Å². The Hall–Kier alpha value is -2.10. The van der Waals surface area contributed by atoms with Crippen molar-refractivity contribution in [2.24, 2.45) is 5.41 Å². The Morgan fingerprint density at radius 1 is 1.29 bits per heavy atom. The zero-order valence-electron chi connectivity index (χ0n) is 13.3. The molecule has 0 aliphatic heterocycles. The zero-order chi connectivity index (χ0) is 15.6. The number of nitrogens with zero attached hydrogens (tertiary/aromatic N) is 1. The molecule has 21 heavy (non-hydrogen) atoms. The topological polar surface area (TPSA) is 51.2 Å². The minimum absolute atomic E-state index is 0.0526. The van der Waals surface area contributed by atoms with Crippen LogP contribution >= 0.6 is 0 Å². The first-order valence-electron chi connectivity index (χ1n) is 7.04. The van der Waals surface area contributed by atoms with Gasteiger partial charge < -0.3 is 10.1 Å². The number of hydrogen-bond acceptors (Lipinski definition) is 3. The van der Waals surface area contributed by atoms with Crippen LogP contribution in [-0.2, 0) is 0 Å². The molecule has 1 aromatic carbocycles. The molecule has 4 nitrogen and oxygen atoms in total. The number of pyridine rings is 1. The van der Waals surface area contributed by atoms with Crippen LogP contribution in [0.5, 0.6) is 5.75 Å². The molecule has 1 aromatic heterocycles. The summed E-state index contributed by atoms with van der Waals surface area (Å²) in [5, 5.41) is 3.87. The highest BCUT2D eigenvalue weighted by molar-refractivity contribution is 5.98. The molecule has 0 aliphatic carbocycles. The van der Waals surface area contributed by atoms with Crippen molar-refractivity contribution in [3.8, 4) is 5.75 Å². The fourth-order valence-corrected chi connectivity index (χ4v) is 2.05. The van der Waals surface area contributed by atoms with Crippen molar-refractivity contribution in [2.45, 2.75) is 27.7 Å². The molecule has 0 saturated carbocycles. The molecule has 0 unspecified atom stereocenters. The minimum Gasteiger partial charge on any atom is -0.497 e. The van der Waals surface area contributed by atoms with Gasteiger partial charge in [-0.25, -0.2) is 0 Å². The summed E-state index contributed by atoms with van der Waals surface area (Å²) in [5.74, 6) is 0.675. The quantitative estimate of drug-likeness (QED) is 0.941. The third-order valence-corrected chi connectivity index (χ3v) is 3.24.